The molecule has 0 aromatic heterocycles. The number of anilines is 1. The molecule has 0 unspecified atom stereocenters. The van der Waals surface area contributed by atoms with E-state index in [1.807, 2.05) is 0 Å². The average molecular weight is 370 g/mol. The molecule has 2 aromatic rings. The summed E-state index contributed by atoms with van der Waals surface area (Å²) in [6.07, 6.45) is 0. The summed E-state index contributed by atoms with van der Waals surface area (Å²) < 4.78 is 31.5. The summed E-state index contributed by atoms with van der Waals surface area (Å²) in [4.78, 5) is 0.269. The van der Waals surface area contributed by atoms with Gasteiger partial charge in [-0.2, -0.15) is 0 Å². The molecule has 0 bridgehead atoms. The molecule has 6 heteroatoms. The molecule has 2 rings (SSSR count). The van der Waals surface area contributed by atoms with Gasteiger partial charge in [-0.05, 0) is 42.0 Å². The van der Waals surface area contributed by atoms with Crippen LogP contribution >= 0.6 is 15.9 Å². The van der Waals surface area contributed by atoms with Crippen molar-refractivity contribution in [1.29, 1.82) is 0 Å². The molecular weight excluding hydrogens is 354 g/mol. The van der Waals surface area contributed by atoms with Crippen LogP contribution < -0.4 is 9.04 Å². The number of halogens is 1. The fraction of sp³-hybridized carbons (Fsp3) is 0.200. The van der Waals surface area contributed by atoms with Gasteiger partial charge in [0.05, 0.1) is 17.7 Å². The Hall–Kier alpha value is -1.53. The first-order chi connectivity index (χ1) is 9.98. The normalized spacial score (nSPS) is 11.2. The molecule has 0 aliphatic carbocycles. The van der Waals surface area contributed by atoms with Gasteiger partial charge in [-0.3, -0.25) is 4.31 Å². The molecule has 21 heavy (non-hydrogen) atoms. The minimum Gasteiger partial charge on any atom is -0.497 e. The first-order valence-electron chi connectivity index (χ1n) is 6.27. The van der Waals surface area contributed by atoms with Crippen molar-refractivity contribution in [2.24, 2.45) is 0 Å². The lowest BCUT2D eigenvalue weighted by Crippen LogP contribution is -2.26. The van der Waals surface area contributed by atoms with Crippen molar-refractivity contribution >= 4 is 31.6 Å². The molecule has 2 aromatic carbocycles. The van der Waals surface area contributed by atoms with Crippen molar-refractivity contribution in [3.63, 3.8) is 0 Å². The van der Waals surface area contributed by atoms with Gasteiger partial charge < -0.3 is 4.74 Å². The first-order valence-corrected chi connectivity index (χ1v) is 8.83. The molecule has 0 aliphatic rings. The fourth-order valence-corrected chi connectivity index (χ4v) is 3.41. The highest BCUT2D eigenvalue weighted by Crippen LogP contribution is 2.24. The highest BCUT2D eigenvalue weighted by Gasteiger charge is 2.21. The molecule has 0 atom stereocenters. The average Bonchev–Trinajstić information content (AvgIpc) is 2.54. The van der Waals surface area contributed by atoms with E-state index >= 15 is 0 Å². The molecule has 0 spiro atoms. The molecule has 0 N–H and O–H groups in total. The SMILES string of the molecule is COc1ccc(N(C)S(=O)(=O)c2ccc(CBr)cc2)cc1. The van der Waals surface area contributed by atoms with Gasteiger partial charge in [0.15, 0.2) is 0 Å². The maximum atomic E-state index is 12.6. The van der Waals surface area contributed by atoms with E-state index in [2.05, 4.69) is 15.9 Å². The van der Waals surface area contributed by atoms with Crippen molar-refractivity contribution in [1.82, 2.24) is 0 Å². The van der Waals surface area contributed by atoms with Crippen LogP contribution in [0.3, 0.4) is 0 Å². The maximum absolute atomic E-state index is 12.6. The van der Waals surface area contributed by atoms with Crippen LogP contribution in [0.15, 0.2) is 53.4 Å². The quantitative estimate of drug-likeness (QED) is 0.758. The van der Waals surface area contributed by atoms with E-state index in [1.54, 1.807) is 55.6 Å². The molecule has 0 fully saturated rings. The van der Waals surface area contributed by atoms with Crippen LogP contribution in [-0.4, -0.2) is 22.6 Å². The van der Waals surface area contributed by atoms with Crippen molar-refractivity contribution in [2.75, 3.05) is 18.5 Å². The standard InChI is InChI=1S/C15H16BrNO3S/c1-17(13-5-7-14(20-2)8-6-13)21(18,19)15-9-3-12(11-16)4-10-15/h3-10H,11H2,1-2H3. The molecule has 0 saturated heterocycles. The van der Waals surface area contributed by atoms with E-state index in [9.17, 15) is 8.42 Å². The van der Waals surface area contributed by atoms with Crippen molar-refractivity contribution in [3.05, 3.63) is 54.1 Å². The number of alkyl halides is 1. The Morgan fingerprint density at radius 2 is 1.62 bits per heavy atom. The second-order valence-electron chi connectivity index (χ2n) is 4.45. The second kappa shape index (κ2) is 6.49. The minimum absolute atomic E-state index is 0.269. The van der Waals surface area contributed by atoms with Gasteiger partial charge in [0.25, 0.3) is 10.0 Å². The van der Waals surface area contributed by atoms with Crippen LogP contribution in [0.4, 0.5) is 5.69 Å². The monoisotopic (exact) mass is 369 g/mol. The van der Waals surface area contributed by atoms with Crippen LogP contribution in [-0.2, 0) is 15.4 Å². The van der Waals surface area contributed by atoms with Gasteiger partial charge in [0.2, 0.25) is 0 Å². The lowest BCUT2D eigenvalue weighted by Gasteiger charge is -2.19. The van der Waals surface area contributed by atoms with Gasteiger partial charge in [0, 0.05) is 12.4 Å². The topological polar surface area (TPSA) is 46.6 Å². The number of hydrogen-bond donors (Lipinski definition) is 0. The summed E-state index contributed by atoms with van der Waals surface area (Å²) >= 11 is 3.34. The number of rotatable bonds is 5. The smallest absolute Gasteiger partial charge is 0.264 e. The predicted molar refractivity (Wildman–Crippen MR) is 87.7 cm³/mol. The Labute approximate surface area is 133 Å². The lowest BCUT2D eigenvalue weighted by molar-refractivity contribution is 0.415. The summed E-state index contributed by atoms with van der Waals surface area (Å²) in [5.74, 6) is 0.686. The van der Waals surface area contributed by atoms with Gasteiger partial charge in [-0.1, -0.05) is 28.1 Å². The van der Waals surface area contributed by atoms with E-state index in [-0.39, 0.29) is 4.90 Å². The Kier molecular flexibility index (Phi) is 4.90. The number of ether oxygens (including phenoxy) is 1. The van der Waals surface area contributed by atoms with Gasteiger partial charge >= 0.3 is 0 Å². The van der Waals surface area contributed by atoms with Crippen LogP contribution in [0.2, 0.25) is 0 Å². The molecule has 0 saturated carbocycles. The summed E-state index contributed by atoms with van der Waals surface area (Å²) in [6.45, 7) is 0. The number of nitrogens with zero attached hydrogens (tertiary/aromatic N) is 1. The summed E-state index contributed by atoms with van der Waals surface area (Å²) in [5, 5.41) is 0.696. The third-order valence-corrected chi connectivity index (χ3v) is 5.62. The Balaban J connectivity index is 2.32. The largest absolute Gasteiger partial charge is 0.497 e. The highest BCUT2D eigenvalue weighted by molar-refractivity contribution is 9.08. The fourth-order valence-electron chi connectivity index (χ4n) is 1.84. The van der Waals surface area contributed by atoms with Crippen LogP contribution in [0, 0.1) is 0 Å². The zero-order valence-corrected chi connectivity index (χ0v) is 14.2. The number of benzene rings is 2. The third-order valence-electron chi connectivity index (χ3n) is 3.17. The summed E-state index contributed by atoms with van der Waals surface area (Å²) in [5.41, 5.74) is 1.61. The van der Waals surface area contributed by atoms with Gasteiger partial charge in [0.1, 0.15) is 5.75 Å². The molecule has 0 radical (unpaired) electrons. The Morgan fingerprint density at radius 3 is 2.10 bits per heavy atom. The molecule has 0 aliphatic heterocycles. The summed E-state index contributed by atoms with van der Waals surface area (Å²) in [7, 11) is -0.452. The van der Waals surface area contributed by atoms with E-state index < -0.39 is 10.0 Å². The van der Waals surface area contributed by atoms with E-state index in [0.717, 1.165) is 5.56 Å². The van der Waals surface area contributed by atoms with Gasteiger partial charge in [-0.25, -0.2) is 8.42 Å². The van der Waals surface area contributed by atoms with Crippen molar-refractivity contribution in [2.45, 2.75) is 10.2 Å². The third kappa shape index (κ3) is 3.39. The molecule has 0 amide bonds. The van der Waals surface area contributed by atoms with Crippen LogP contribution in [0.1, 0.15) is 5.56 Å². The zero-order chi connectivity index (χ0) is 15.5. The first kappa shape index (κ1) is 15.9. The lowest BCUT2D eigenvalue weighted by atomic mass is 10.2. The highest BCUT2D eigenvalue weighted by atomic mass is 79.9. The predicted octanol–water partition coefficient (Wildman–Crippen LogP) is 3.42. The van der Waals surface area contributed by atoms with Crippen LogP contribution in [0.5, 0.6) is 5.75 Å². The molecular formula is C15H16BrNO3S. The van der Waals surface area contributed by atoms with Gasteiger partial charge in [-0.15, -0.1) is 0 Å². The minimum atomic E-state index is -3.56. The molecule has 112 valence electrons. The van der Waals surface area contributed by atoms with Crippen molar-refractivity contribution in [3.8, 4) is 5.75 Å². The Bertz CT molecular complexity index is 697. The molecule has 0 heterocycles. The van der Waals surface area contributed by atoms with E-state index in [1.165, 1.54) is 11.4 Å². The summed E-state index contributed by atoms with van der Waals surface area (Å²) in [6, 6.07) is 13.7. The second-order valence-corrected chi connectivity index (χ2v) is 6.98. The molecule has 4 nitrogen and oxygen atoms in total. The van der Waals surface area contributed by atoms with E-state index in [4.69, 9.17) is 4.74 Å². The number of sulfonamides is 1. The maximum Gasteiger partial charge on any atom is 0.264 e. The zero-order valence-electron chi connectivity index (χ0n) is 11.8. The number of methoxy groups -OCH3 is 1. The van der Waals surface area contributed by atoms with Crippen molar-refractivity contribution < 1.29 is 13.2 Å². The number of hydrogen-bond acceptors (Lipinski definition) is 3. The Morgan fingerprint density at radius 1 is 1.05 bits per heavy atom. The van der Waals surface area contributed by atoms with E-state index in [0.29, 0.717) is 16.8 Å². The van der Waals surface area contributed by atoms with Crippen LogP contribution in [0.25, 0.3) is 0 Å².